The summed E-state index contributed by atoms with van der Waals surface area (Å²) in [6.45, 7) is 6.10. The quantitative estimate of drug-likeness (QED) is 0.310. The number of nitrogens with zero attached hydrogens (tertiary/aromatic N) is 1. The fraction of sp³-hybridized carbons (Fsp3) is 0.250. The van der Waals surface area contributed by atoms with Crippen molar-refractivity contribution in [2.45, 2.75) is 13.3 Å². The van der Waals surface area contributed by atoms with Gasteiger partial charge in [-0.15, -0.1) is 11.3 Å². The van der Waals surface area contributed by atoms with E-state index in [4.69, 9.17) is 4.74 Å². The Hall–Kier alpha value is -3.35. The zero-order valence-electron chi connectivity index (χ0n) is 19.0. The van der Waals surface area contributed by atoms with Gasteiger partial charge in [0.1, 0.15) is 23.9 Å². The van der Waals surface area contributed by atoms with Crippen LogP contribution in [0.25, 0.3) is 20.5 Å². The standard InChI is InChI=1S/C28H27NO4S/c1-2-18-16-29(17-18)13-14-33-23-10-5-19(6-11-23)27(32)26-24-12-9-22(31)15-25(24)34-28(26)20-3-7-21(30)8-4-20/h3-12,15,18,30-31H,2,13-14,16-17H2,1H3. The van der Waals surface area contributed by atoms with E-state index in [2.05, 4.69) is 11.8 Å². The molecular formula is C28H27NO4S. The van der Waals surface area contributed by atoms with Crippen LogP contribution in [0, 0.1) is 5.92 Å². The Morgan fingerprint density at radius 3 is 2.41 bits per heavy atom. The highest BCUT2D eigenvalue weighted by molar-refractivity contribution is 7.22. The van der Waals surface area contributed by atoms with Gasteiger partial charge >= 0.3 is 0 Å². The van der Waals surface area contributed by atoms with Gasteiger partial charge in [0.15, 0.2) is 5.78 Å². The van der Waals surface area contributed by atoms with Crippen LogP contribution in [-0.2, 0) is 0 Å². The summed E-state index contributed by atoms with van der Waals surface area (Å²) in [6.07, 6.45) is 1.24. The minimum atomic E-state index is -0.0854. The average Bonchev–Trinajstić information content (AvgIpc) is 3.19. The van der Waals surface area contributed by atoms with Crippen molar-refractivity contribution < 1.29 is 19.7 Å². The lowest BCUT2D eigenvalue weighted by Gasteiger charge is -2.38. The van der Waals surface area contributed by atoms with Gasteiger partial charge in [0.2, 0.25) is 0 Å². The summed E-state index contributed by atoms with van der Waals surface area (Å²) in [5, 5.41) is 20.4. The van der Waals surface area contributed by atoms with Crippen molar-refractivity contribution >= 4 is 27.2 Å². The summed E-state index contributed by atoms with van der Waals surface area (Å²) < 4.78 is 6.73. The third kappa shape index (κ3) is 4.52. The molecule has 1 aliphatic heterocycles. The van der Waals surface area contributed by atoms with E-state index in [9.17, 15) is 15.0 Å². The SMILES string of the molecule is CCC1CN(CCOc2ccc(C(=O)c3c(-c4ccc(O)cc4)sc4cc(O)ccc34)cc2)C1. The monoisotopic (exact) mass is 473 g/mol. The van der Waals surface area contributed by atoms with Crippen LogP contribution in [0.4, 0.5) is 0 Å². The zero-order valence-corrected chi connectivity index (χ0v) is 19.8. The molecule has 3 aromatic carbocycles. The van der Waals surface area contributed by atoms with Gasteiger partial charge < -0.3 is 14.9 Å². The highest BCUT2D eigenvalue weighted by atomic mass is 32.1. The molecule has 0 unspecified atom stereocenters. The summed E-state index contributed by atoms with van der Waals surface area (Å²) >= 11 is 1.45. The van der Waals surface area contributed by atoms with Crippen LogP contribution < -0.4 is 4.74 Å². The highest BCUT2D eigenvalue weighted by Gasteiger charge is 2.24. The predicted molar refractivity (Wildman–Crippen MR) is 136 cm³/mol. The Balaban J connectivity index is 1.37. The number of fused-ring (bicyclic) bond motifs is 1. The maximum absolute atomic E-state index is 13.6. The normalized spacial score (nSPS) is 14.3. The average molecular weight is 474 g/mol. The third-order valence-electron chi connectivity index (χ3n) is 6.43. The fourth-order valence-corrected chi connectivity index (χ4v) is 5.62. The minimum absolute atomic E-state index is 0.0854. The molecule has 1 aromatic heterocycles. The number of carbonyl (C=O) groups is 1. The number of benzene rings is 3. The number of hydrogen-bond acceptors (Lipinski definition) is 6. The number of ether oxygens (including phenoxy) is 1. The first-order valence-corrected chi connectivity index (χ1v) is 12.4. The van der Waals surface area contributed by atoms with Gasteiger partial charge in [-0.25, -0.2) is 0 Å². The second-order valence-corrected chi connectivity index (χ2v) is 9.82. The van der Waals surface area contributed by atoms with Gasteiger partial charge in [0.25, 0.3) is 0 Å². The van der Waals surface area contributed by atoms with Gasteiger partial charge in [-0.05, 0) is 78.2 Å². The zero-order chi connectivity index (χ0) is 23.7. The minimum Gasteiger partial charge on any atom is -0.508 e. The van der Waals surface area contributed by atoms with E-state index in [0.29, 0.717) is 17.7 Å². The van der Waals surface area contributed by atoms with Gasteiger partial charge in [0.05, 0.1) is 0 Å². The van der Waals surface area contributed by atoms with Gasteiger partial charge in [0, 0.05) is 45.7 Å². The van der Waals surface area contributed by atoms with Crippen molar-refractivity contribution in [3.63, 3.8) is 0 Å². The lowest BCUT2D eigenvalue weighted by Crippen LogP contribution is -2.47. The number of thiophene rings is 1. The predicted octanol–water partition coefficient (Wildman–Crippen LogP) is 5.93. The van der Waals surface area contributed by atoms with E-state index >= 15 is 0 Å². The summed E-state index contributed by atoms with van der Waals surface area (Å²) in [7, 11) is 0. The maximum Gasteiger partial charge on any atom is 0.195 e. The number of hydrogen-bond donors (Lipinski definition) is 2. The molecule has 0 aliphatic carbocycles. The summed E-state index contributed by atoms with van der Waals surface area (Å²) in [5.41, 5.74) is 2.02. The Morgan fingerprint density at radius 1 is 1.00 bits per heavy atom. The molecule has 5 rings (SSSR count). The van der Waals surface area contributed by atoms with Gasteiger partial charge in [-0.3, -0.25) is 9.69 Å². The molecule has 0 bridgehead atoms. The molecule has 2 N–H and O–H groups in total. The third-order valence-corrected chi connectivity index (χ3v) is 7.63. The molecule has 0 atom stereocenters. The molecule has 6 heteroatoms. The number of phenols is 2. The lowest BCUT2D eigenvalue weighted by atomic mass is 9.97. The van der Waals surface area contributed by atoms with E-state index in [1.54, 1.807) is 54.6 Å². The van der Waals surface area contributed by atoms with E-state index in [-0.39, 0.29) is 17.3 Å². The number of phenolic OH excluding ortho intramolecular Hbond substituents is 2. The first-order chi connectivity index (χ1) is 16.5. The molecule has 1 fully saturated rings. The Kier molecular flexibility index (Phi) is 6.26. The van der Waals surface area contributed by atoms with Crippen LogP contribution in [0.15, 0.2) is 66.7 Å². The molecule has 0 saturated carbocycles. The first kappa shape index (κ1) is 22.4. The number of ketones is 1. The van der Waals surface area contributed by atoms with Gasteiger partial charge in [-0.2, -0.15) is 0 Å². The van der Waals surface area contributed by atoms with Crippen molar-refractivity contribution in [3.05, 3.63) is 77.9 Å². The molecule has 5 nitrogen and oxygen atoms in total. The second kappa shape index (κ2) is 9.49. The van der Waals surface area contributed by atoms with Crippen molar-refractivity contribution in [2.24, 2.45) is 5.92 Å². The van der Waals surface area contributed by atoms with Crippen LogP contribution in [0.5, 0.6) is 17.2 Å². The molecule has 0 spiro atoms. The fourth-order valence-electron chi connectivity index (χ4n) is 4.38. The van der Waals surface area contributed by atoms with E-state index in [0.717, 1.165) is 51.8 Å². The molecule has 34 heavy (non-hydrogen) atoms. The molecule has 4 aromatic rings. The number of rotatable bonds is 8. The first-order valence-electron chi connectivity index (χ1n) is 11.6. The number of carbonyl (C=O) groups excluding carboxylic acids is 1. The van der Waals surface area contributed by atoms with E-state index in [1.165, 1.54) is 17.8 Å². The number of likely N-dealkylation sites (tertiary alicyclic amines) is 1. The van der Waals surface area contributed by atoms with Crippen molar-refractivity contribution in [3.8, 4) is 27.7 Å². The van der Waals surface area contributed by atoms with Crippen LogP contribution in [-0.4, -0.2) is 47.1 Å². The Labute approximate surface area is 202 Å². The van der Waals surface area contributed by atoms with Crippen molar-refractivity contribution in [2.75, 3.05) is 26.2 Å². The number of aromatic hydroxyl groups is 2. The van der Waals surface area contributed by atoms with E-state index in [1.807, 2.05) is 12.1 Å². The molecule has 174 valence electrons. The van der Waals surface area contributed by atoms with Gasteiger partial charge in [-0.1, -0.05) is 13.3 Å². The van der Waals surface area contributed by atoms with Crippen LogP contribution >= 0.6 is 11.3 Å². The smallest absolute Gasteiger partial charge is 0.195 e. The summed E-state index contributed by atoms with van der Waals surface area (Å²) in [4.78, 5) is 16.8. The molecular weight excluding hydrogens is 446 g/mol. The summed E-state index contributed by atoms with van der Waals surface area (Å²) in [6, 6.07) is 19.2. The molecule has 0 amide bonds. The molecule has 1 aliphatic rings. The van der Waals surface area contributed by atoms with Crippen molar-refractivity contribution in [1.82, 2.24) is 4.90 Å². The maximum atomic E-state index is 13.6. The Bertz CT molecular complexity index is 1310. The highest BCUT2D eigenvalue weighted by Crippen LogP contribution is 2.41. The van der Waals surface area contributed by atoms with Crippen molar-refractivity contribution in [1.29, 1.82) is 0 Å². The molecule has 0 radical (unpaired) electrons. The van der Waals surface area contributed by atoms with E-state index < -0.39 is 0 Å². The van der Waals surface area contributed by atoms with Crippen LogP contribution in [0.2, 0.25) is 0 Å². The summed E-state index contributed by atoms with van der Waals surface area (Å²) in [5.74, 6) is 1.83. The topological polar surface area (TPSA) is 70.0 Å². The molecule has 2 heterocycles. The second-order valence-electron chi connectivity index (χ2n) is 8.77. The molecule has 1 saturated heterocycles. The van der Waals surface area contributed by atoms with Crippen LogP contribution in [0.1, 0.15) is 29.3 Å². The lowest BCUT2D eigenvalue weighted by molar-refractivity contribution is 0.0806. The Morgan fingerprint density at radius 2 is 1.71 bits per heavy atom. The largest absolute Gasteiger partial charge is 0.508 e. The van der Waals surface area contributed by atoms with Crippen LogP contribution in [0.3, 0.4) is 0 Å².